The first-order chi connectivity index (χ1) is 18.1. The Balaban J connectivity index is 1.13. The Morgan fingerprint density at radius 1 is 1.00 bits per heavy atom. The number of benzene rings is 1. The molecule has 1 aromatic carbocycles. The largest absolute Gasteiger partial charge is 0.378 e. The van der Waals surface area contributed by atoms with Gasteiger partial charge in [0.25, 0.3) is 0 Å². The van der Waals surface area contributed by atoms with Gasteiger partial charge in [-0.2, -0.15) is 9.49 Å². The number of anilines is 2. The van der Waals surface area contributed by atoms with Crippen LogP contribution in [0.5, 0.6) is 0 Å². The number of nitrogens with zero attached hydrogens (tertiary/aromatic N) is 5. The van der Waals surface area contributed by atoms with Crippen LogP contribution in [0.4, 0.5) is 16.0 Å². The number of rotatable bonds is 6. The third-order valence-corrected chi connectivity index (χ3v) is 6.23. The van der Waals surface area contributed by atoms with Crippen LogP contribution >= 0.6 is 0 Å². The van der Waals surface area contributed by atoms with Crippen LogP contribution in [-0.4, -0.2) is 62.3 Å². The van der Waals surface area contributed by atoms with Gasteiger partial charge in [-0.3, -0.25) is 9.89 Å². The molecule has 6 rings (SSSR count). The predicted octanol–water partition coefficient (Wildman–Crippen LogP) is 3.57. The van der Waals surface area contributed by atoms with E-state index < -0.39 is 5.95 Å². The number of aromatic nitrogens is 6. The summed E-state index contributed by atoms with van der Waals surface area (Å²) in [5.74, 6) is 0.477. The fourth-order valence-corrected chi connectivity index (χ4v) is 4.39. The number of H-pyrrole nitrogens is 2. The summed E-state index contributed by atoms with van der Waals surface area (Å²) in [7, 11) is 0. The summed E-state index contributed by atoms with van der Waals surface area (Å²) in [6.07, 6.45) is 3.14. The molecule has 3 N–H and O–H groups in total. The molecule has 0 unspecified atom stereocenters. The number of fused-ring (bicyclic) bond motifs is 1. The summed E-state index contributed by atoms with van der Waals surface area (Å²) < 4.78 is 18.8. The highest BCUT2D eigenvalue weighted by molar-refractivity contribution is 5.93. The average molecular weight is 499 g/mol. The minimum atomic E-state index is -0.584. The van der Waals surface area contributed by atoms with Crippen LogP contribution in [0.15, 0.2) is 61.1 Å². The number of nitrogens with one attached hydrogen (secondary N) is 3. The molecule has 0 spiro atoms. The van der Waals surface area contributed by atoms with Gasteiger partial charge in [0.05, 0.1) is 30.7 Å². The molecule has 11 heteroatoms. The van der Waals surface area contributed by atoms with Crippen molar-refractivity contribution in [1.82, 2.24) is 30.1 Å². The number of ether oxygens (including phenoxy) is 1. The number of carbonyl (C=O) groups excluding carboxylic acids is 1. The highest BCUT2D eigenvalue weighted by Gasteiger charge is 2.17. The van der Waals surface area contributed by atoms with Crippen LogP contribution in [0.25, 0.3) is 33.5 Å². The van der Waals surface area contributed by atoms with E-state index in [0.717, 1.165) is 46.8 Å². The number of amides is 1. The van der Waals surface area contributed by atoms with Crippen molar-refractivity contribution in [2.45, 2.75) is 6.42 Å². The van der Waals surface area contributed by atoms with Crippen molar-refractivity contribution in [3.63, 3.8) is 0 Å². The molecule has 1 aliphatic heterocycles. The second-order valence-corrected chi connectivity index (χ2v) is 8.70. The fourth-order valence-electron chi connectivity index (χ4n) is 4.39. The number of carbonyl (C=O) groups is 1. The second kappa shape index (κ2) is 9.78. The first-order valence-electron chi connectivity index (χ1n) is 11.9. The lowest BCUT2D eigenvalue weighted by atomic mass is 10.1. The number of halogens is 1. The number of aromatic amines is 2. The molecule has 5 heterocycles. The fraction of sp³-hybridized carbons (Fsp3) is 0.192. The lowest BCUT2D eigenvalue weighted by molar-refractivity contribution is -0.115. The zero-order valence-electron chi connectivity index (χ0n) is 19.7. The molecule has 1 saturated heterocycles. The molecule has 0 radical (unpaired) electrons. The molecule has 5 aromatic rings. The third-order valence-electron chi connectivity index (χ3n) is 6.23. The predicted molar refractivity (Wildman–Crippen MR) is 136 cm³/mol. The molecule has 4 aromatic heterocycles. The van der Waals surface area contributed by atoms with Gasteiger partial charge in [0.1, 0.15) is 17.8 Å². The van der Waals surface area contributed by atoms with Gasteiger partial charge in [-0.15, -0.1) is 0 Å². The van der Waals surface area contributed by atoms with Crippen LogP contribution in [0.2, 0.25) is 0 Å². The van der Waals surface area contributed by atoms with Gasteiger partial charge < -0.3 is 19.9 Å². The van der Waals surface area contributed by atoms with Gasteiger partial charge in [0.15, 0.2) is 5.82 Å². The van der Waals surface area contributed by atoms with Crippen molar-refractivity contribution in [2.75, 3.05) is 36.5 Å². The molecular weight excluding hydrogens is 475 g/mol. The van der Waals surface area contributed by atoms with Crippen LogP contribution in [-0.2, 0) is 16.0 Å². The SMILES string of the molecule is O=C(Cc1ccc(-c2cc3c(N4CCOCC4)ncnc3[nH]2)cc1)Nc1cc(-c2ccnc(F)c2)[nH]n1. The van der Waals surface area contributed by atoms with Crippen LogP contribution in [0, 0.1) is 5.95 Å². The Morgan fingerprint density at radius 2 is 1.84 bits per heavy atom. The number of hydrogen-bond acceptors (Lipinski definition) is 7. The molecule has 0 aliphatic carbocycles. The maximum Gasteiger partial charge on any atom is 0.229 e. The Morgan fingerprint density at radius 3 is 2.65 bits per heavy atom. The molecule has 0 saturated carbocycles. The molecule has 186 valence electrons. The summed E-state index contributed by atoms with van der Waals surface area (Å²) in [6.45, 7) is 2.96. The summed E-state index contributed by atoms with van der Waals surface area (Å²) in [5, 5.41) is 10.6. The zero-order valence-corrected chi connectivity index (χ0v) is 19.7. The van der Waals surface area contributed by atoms with Gasteiger partial charge in [0.2, 0.25) is 11.9 Å². The Hall–Kier alpha value is -4.64. The van der Waals surface area contributed by atoms with Gasteiger partial charge in [0, 0.05) is 42.7 Å². The molecule has 37 heavy (non-hydrogen) atoms. The van der Waals surface area contributed by atoms with E-state index >= 15 is 0 Å². The van der Waals surface area contributed by atoms with E-state index in [1.165, 1.54) is 12.3 Å². The lowest BCUT2D eigenvalue weighted by Gasteiger charge is -2.27. The van der Waals surface area contributed by atoms with Crippen LogP contribution < -0.4 is 10.2 Å². The van der Waals surface area contributed by atoms with Gasteiger partial charge in [-0.05, 0) is 23.3 Å². The molecule has 1 aliphatic rings. The highest BCUT2D eigenvalue weighted by atomic mass is 19.1. The molecule has 10 nitrogen and oxygen atoms in total. The summed E-state index contributed by atoms with van der Waals surface area (Å²) in [4.78, 5) is 30.6. The quantitative estimate of drug-likeness (QED) is 0.306. The summed E-state index contributed by atoms with van der Waals surface area (Å²) in [6, 6.07) is 14.5. The summed E-state index contributed by atoms with van der Waals surface area (Å²) in [5.41, 5.74) is 4.73. The van der Waals surface area contributed by atoms with E-state index in [0.29, 0.717) is 30.3 Å². The van der Waals surface area contributed by atoms with Crippen molar-refractivity contribution in [3.8, 4) is 22.5 Å². The third kappa shape index (κ3) is 4.89. The number of morpholine rings is 1. The minimum absolute atomic E-state index is 0.186. The highest BCUT2D eigenvalue weighted by Crippen LogP contribution is 2.29. The van der Waals surface area contributed by atoms with Crippen molar-refractivity contribution in [3.05, 3.63) is 72.6 Å². The van der Waals surface area contributed by atoms with Crippen molar-refractivity contribution >= 4 is 28.6 Å². The first kappa shape index (κ1) is 22.8. The van der Waals surface area contributed by atoms with E-state index in [-0.39, 0.29) is 12.3 Å². The number of hydrogen-bond donors (Lipinski definition) is 3. The van der Waals surface area contributed by atoms with E-state index in [1.807, 2.05) is 24.3 Å². The molecule has 1 fully saturated rings. The van der Waals surface area contributed by atoms with Crippen molar-refractivity contribution in [1.29, 1.82) is 0 Å². The van der Waals surface area contributed by atoms with E-state index in [1.54, 1.807) is 18.5 Å². The summed E-state index contributed by atoms with van der Waals surface area (Å²) >= 11 is 0. The van der Waals surface area contributed by atoms with Crippen molar-refractivity contribution < 1.29 is 13.9 Å². The van der Waals surface area contributed by atoms with E-state index in [9.17, 15) is 9.18 Å². The number of pyridine rings is 1. The minimum Gasteiger partial charge on any atom is -0.378 e. The average Bonchev–Trinajstić information content (AvgIpc) is 3.57. The zero-order chi connectivity index (χ0) is 25.2. The molecule has 0 bridgehead atoms. The molecule has 0 atom stereocenters. The standard InChI is InChI=1S/C26H23FN8O2/c27-22-12-18(5-6-28-22)21-14-23(34-33-21)32-24(36)11-16-1-3-17(4-2-16)20-13-19-25(31-20)29-15-30-26(19)35-7-9-37-10-8-35/h1-6,12-15H,7-11H2,(H,29,30,31)(H2,32,33,34,36). The Labute approximate surface area is 210 Å². The monoisotopic (exact) mass is 498 g/mol. The molecule has 1 amide bonds. The first-order valence-corrected chi connectivity index (χ1v) is 11.9. The second-order valence-electron chi connectivity index (χ2n) is 8.70. The Bertz CT molecular complexity index is 1560. The van der Waals surface area contributed by atoms with Gasteiger partial charge >= 0.3 is 0 Å². The van der Waals surface area contributed by atoms with Crippen LogP contribution in [0.1, 0.15) is 5.56 Å². The smallest absolute Gasteiger partial charge is 0.229 e. The van der Waals surface area contributed by atoms with Gasteiger partial charge in [-0.1, -0.05) is 24.3 Å². The topological polar surface area (TPSA) is 125 Å². The van der Waals surface area contributed by atoms with Crippen molar-refractivity contribution in [2.24, 2.45) is 0 Å². The lowest BCUT2D eigenvalue weighted by Crippen LogP contribution is -2.36. The Kier molecular flexibility index (Phi) is 6.03. The van der Waals surface area contributed by atoms with Crippen LogP contribution in [0.3, 0.4) is 0 Å². The van der Waals surface area contributed by atoms with E-state index in [2.05, 4.69) is 46.4 Å². The normalized spacial score (nSPS) is 13.7. The maximum atomic E-state index is 13.4. The maximum absolute atomic E-state index is 13.4. The van der Waals surface area contributed by atoms with Gasteiger partial charge in [-0.25, -0.2) is 15.0 Å². The molecular formula is C26H23FN8O2. The van der Waals surface area contributed by atoms with E-state index in [4.69, 9.17) is 4.74 Å².